The monoisotopic (exact) mass is 2030 g/mol. The molecule has 148 heavy (non-hydrogen) atoms. The van der Waals surface area contributed by atoms with Crippen LogP contribution >= 0.6 is 11.8 Å². The van der Waals surface area contributed by atoms with Crippen LogP contribution in [0.2, 0.25) is 0 Å². The van der Waals surface area contributed by atoms with Gasteiger partial charge in [0.05, 0.1) is 54.1 Å². The number of nitrogen functional groups attached to an aromatic ring is 1. The molecule has 3 aliphatic rings. The Labute approximate surface area is 875 Å². The molecular weight excluding hydrogens is 1880 g/mol. The minimum absolute atomic E-state index is 0.186. The first-order chi connectivity index (χ1) is 72.3. The number of pyridine rings is 5. The van der Waals surface area contributed by atoms with Gasteiger partial charge >= 0.3 is 0 Å². The van der Waals surface area contributed by atoms with Crippen LogP contribution in [0.5, 0.6) is 5.75 Å². The van der Waals surface area contributed by atoms with Gasteiger partial charge in [0.15, 0.2) is 55.7 Å². The molecule has 0 atom stereocenters. The van der Waals surface area contributed by atoms with Gasteiger partial charge < -0.3 is 35.0 Å². The van der Waals surface area contributed by atoms with E-state index in [1.165, 1.54) is 167 Å². The summed E-state index contributed by atoms with van der Waals surface area (Å²) in [5, 5.41) is 31.3. The number of aromatic nitrogens is 18. The lowest BCUT2D eigenvalue weighted by Crippen LogP contribution is -2.33. The first-order valence-corrected chi connectivity index (χ1v) is 56.2. The number of methoxy groups -OCH3 is 1. The number of nitrogens with two attached hydrogens (primary N) is 1. The summed E-state index contributed by atoms with van der Waals surface area (Å²) >= 11 is 1.53. The number of H-pyrrole nitrogens is 1. The van der Waals surface area contributed by atoms with Crippen LogP contribution in [-0.4, -0.2) is 239 Å². The quantitative estimate of drug-likeness (QED) is 0.0335. The molecule has 3 fully saturated rings. The number of sulfone groups is 1. The molecule has 14 heterocycles. The van der Waals surface area contributed by atoms with Gasteiger partial charge in [0.1, 0.15) is 17.4 Å². The van der Waals surface area contributed by atoms with Gasteiger partial charge in [-0.3, -0.25) is 9.48 Å². The van der Waals surface area contributed by atoms with E-state index in [1.807, 2.05) is 151 Å². The molecule has 30 heteroatoms. The predicted octanol–water partition coefficient (Wildman–Crippen LogP) is 20.2. The van der Waals surface area contributed by atoms with E-state index in [4.69, 9.17) is 50.8 Å². The van der Waals surface area contributed by atoms with Gasteiger partial charge in [0, 0.05) is 99.1 Å². The second-order valence-corrected chi connectivity index (χ2v) is 43.2. The fraction of sp³-hybridized carbons (Fsp3) is 0.398. The Morgan fingerprint density at radius 2 is 0.885 bits per heavy atom. The van der Waals surface area contributed by atoms with Gasteiger partial charge in [-0.1, -0.05) is 186 Å². The van der Waals surface area contributed by atoms with Crippen molar-refractivity contribution >= 4 is 61.7 Å². The summed E-state index contributed by atoms with van der Waals surface area (Å²) < 4.78 is 39.5. The Bertz CT molecular complexity index is 7190. The predicted molar refractivity (Wildman–Crippen MR) is 595 cm³/mol. The molecule has 0 radical (unpaired) electrons. The van der Waals surface area contributed by atoms with Crippen LogP contribution in [0.25, 0.3) is 67.6 Å². The molecule has 17 aromatic rings. The average molecular weight is 2030 g/mol. The maximum Gasteiger partial charge on any atom is 0.216 e. The zero-order valence-electron chi connectivity index (χ0n) is 87.2. The van der Waals surface area contributed by atoms with Crippen molar-refractivity contribution in [3.63, 3.8) is 0 Å². The van der Waals surface area contributed by atoms with Gasteiger partial charge in [-0.25, -0.2) is 56.5 Å². The number of nitrogens with one attached hydrogen (secondary N) is 1. The summed E-state index contributed by atoms with van der Waals surface area (Å²) in [4.78, 5) is 52.4. The number of benzene rings is 6. The average Bonchev–Trinajstić information content (AvgIpc) is 1.62. The number of Topliss-reactive ketones (excluding diaryl/α,β-unsaturated/α-hetero) is 1. The number of unbranched alkanes of at least 4 members (excludes halogenated alkanes) is 1. The van der Waals surface area contributed by atoms with Crippen molar-refractivity contribution in [3.05, 3.63) is 322 Å². The molecule has 11 aromatic heterocycles. The number of aromatic amines is 1. The van der Waals surface area contributed by atoms with Gasteiger partial charge in [-0.15, -0.1) is 5.10 Å². The van der Waals surface area contributed by atoms with Gasteiger partial charge in [-0.2, -0.15) is 30.5 Å². The van der Waals surface area contributed by atoms with E-state index in [0.29, 0.717) is 67.8 Å². The topological polar surface area (TPSA) is 296 Å². The molecule has 772 valence electrons. The summed E-state index contributed by atoms with van der Waals surface area (Å²) in [6.45, 7) is 26.7. The van der Waals surface area contributed by atoms with Crippen molar-refractivity contribution in [1.29, 1.82) is 0 Å². The van der Waals surface area contributed by atoms with Crippen LogP contribution in [0.1, 0.15) is 191 Å². The van der Waals surface area contributed by atoms with Crippen LogP contribution in [0.15, 0.2) is 254 Å². The second-order valence-electron chi connectivity index (χ2n) is 39.8. The zero-order valence-corrected chi connectivity index (χ0v) is 88.8. The number of rotatable bonds is 46. The molecule has 3 N–H and O–H groups in total. The number of thioether (sulfide) groups is 1. The van der Waals surface area contributed by atoms with Crippen LogP contribution in [0.4, 0.5) is 11.8 Å². The summed E-state index contributed by atoms with van der Waals surface area (Å²) in [6, 6.07) is 79.9. The van der Waals surface area contributed by atoms with Crippen LogP contribution in [0, 0.1) is 5.92 Å². The van der Waals surface area contributed by atoms with Crippen LogP contribution in [0.3, 0.4) is 0 Å². The lowest BCUT2D eigenvalue weighted by molar-refractivity contribution is -0.119. The number of likely N-dealkylation sites (N-methyl/N-ethyl adjacent to an activating group) is 2. The Morgan fingerprint density at radius 1 is 0.453 bits per heavy atom. The Morgan fingerprint density at radius 3 is 1.32 bits per heavy atom. The molecule has 0 spiro atoms. The molecule has 20 rings (SSSR count). The maximum absolute atomic E-state index is 12.3. The van der Waals surface area contributed by atoms with E-state index in [2.05, 4.69) is 212 Å². The Balaban J connectivity index is 0.000000135. The standard InChI is InChI=1S/C33H40N4O.C32H40N4O2S.C27H32N10S.C26H32N6O/c1-25(2)22-30(38)18-17-27-8-5-10-29(23-27)31-11-6-12-33-34-32(35-37(31)33)24-28-15-13-26(14-16-28)9-7-21-36-19-3-4-20-36;1-2-3-22-39(37,38)23-18-27-9-6-11-29(24-27)30-12-7-13-32-33-31(34-36(30)32)25-28-16-14-26(15-17-28)10-8-21-35-19-4-5-20-35;28-26-31-27(33-32-26)38-16-15-36-19-22(18-29-36)23-6-3-7-25-30-24(34-37(23)25)17-21-10-8-20(9-11-21)5-4-14-35-12-1-2-13-35;1-5-31(6-2)17-16-30(3)26-19-20(14-15-27-26)18-24-28-25-9-7-8-23(32(25)29-24)21-10-12-22(33-4)13-11-21/h5-6,8,10-16,23,25H,3-4,7,9,17-22,24H2,1-2H3;6-7,9,11-17,24H,2-5,8,10,18-23,25H2,1H3;3,6-11,18-19H,1-2,4-5,12-17H2,(H3,28,31,32,33);7-15,19H,5-6,16-18H2,1-4H3. The number of aryl methyl sites for hydroxylation is 6. The van der Waals surface area contributed by atoms with Crippen molar-refractivity contribution in [2.75, 3.05) is 127 Å². The summed E-state index contributed by atoms with van der Waals surface area (Å²) in [6.07, 6.45) is 27.9. The SMILES string of the molecule is CC(C)CC(=O)CCc1cccc(-c2cccc3nc(Cc4ccc(CCCN5CCCC5)cc4)nn23)c1.CCCCS(=O)(=O)CCc1cccc(-c2cccc3nc(Cc4ccc(CCCN5CCCC5)cc4)nn23)c1.CCN(CC)CCN(C)c1cc(Cc2nc3cccc(-c4ccc(OC)cc4)n3n2)ccn1.Nc1nc(SCCn2cc(-c3cccc4nc(Cc5ccc(CCCN6CCCC6)cc5)nn34)cn2)n[nH]1. The number of carbonyl (C=O) groups excluding carboxylic acids is 1. The van der Waals surface area contributed by atoms with Crippen molar-refractivity contribution in [2.45, 2.75) is 188 Å². The number of nitrogens with zero attached hydrogens (tertiary/aromatic N) is 22. The minimum Gasteiger partial charge on any atom is -0.497 e. The molecule has 0 aliphatic carbocycles. The number of hydrogen-bond acceptors (Lipinski definition) is 23. The summed E-state index contributed by atoms with van der Waals surface area (Å²) in [7, 11) is 0.749. The minimum atomic E-state index is -3.02. The third-order valence-electron chi connectivity index (χ3n) is 28.0. The largest absolute Gasteiger partial charge is 0.497 e. The third-order valence-corrected chi connectivity index (χ3v) is 30.6. The number of anilines is 2. The van der Waals surface area contributed by atoms with E-state index in [1.54, 1.807) is 7.11 Å². The van der Waals surface area contributed by atoms with Gasteiger partial charge in [0.25, 0.3) is 0 Å². The molecule has 0 saturated carbocycles. The highest BCUT2D eigenvalue weighted by Gasteiger charge is 2.22. The first-order valence-electron chi connectivity index (χ1n) is 53.4. The molecule has 3 saturated heterocycles. The molecule has 0 unspecified atom stereocenters. The zero-order chi connectivity index (χ0) is 102. The highest BCUT2D eigenvalue weighted by Crippen LogP contribution is 2.31. The van der Waals surface area contributed by atoms with E-state index in [0.717, 1.165) is 191 Å². The van der Waals surface area contributed by atoms with Crippen LogP contribution in [-0.2, 0) is 79.0 Å². The van der Waals surface area contributed by atoms with E-state index in [9.17, 15) is 13.2 Å². The number of hydrogen-bond donors (Lipinski definition) is 2. The second kappa shape index (κ2) is 52.9. The smallest absolute Gasteiger partial charge is 0.216 e. The third kappa shape index (κ3) is 30.4. The Hall–Kier alpha value is -13.5. The number of ether oxygens (including phenoxy) is 1. The molecule has 6 aromatic carbocycles. The van der Waals surface area contributed by atoms with Crippen molar-refractivity contribution in [2.24, 2.45) is 5.92 Å². The van der Waals surface area contributed by atoms with Crippen molar-refractivity contribution < 1.29 is 17.9 Å². The van der Waals surface area contributed by atoms with E-state index >= 15 is 0 Å². The number of fused-ring (bicyclic) bond motifs is 4. The molecule has 28 nitrogen and oxygen atoms in total. The fourth-order valence-corrected chi connectivity index (χ4v) is 21.9. The number of ketones is 1. The lowest BCUT2D eigenvalue weighted by Gasteiger charge is -2.24. The normalized spacial score (nSPS) is 13.5. The van der Waals surface area contributed by atoms with Gasteiger partial charge in [-0.05, 0) is 321 Å². The maximum atomic E-state index is 12.3. The van der Waals surface area contributed by atoms with Crippen molar-refractivity contribution in [1.82, 2.24) is 108 Å². The lowest BCUT2D eigenvalue weighted by atomic mass is 9.99. The number of carbonyl (C=O) groups is 1. The van der Waals surface area contributed by atoms with Gasteiger partial charge in [0.2, 0.25) is 11.1 Å². The molecular formula is C118H144N24O4S2. The highest BCUT2D eigenvalue weighted by atomic mass is 32.2. The number of likely N-dealkylation sites (tertiary alicyclic amines) is 3. The summed E-state index contributed by atoms with van der Waals surface area (Å²) in [5.74, 6) is 7.35. The Kier molecular flexibility index (Phi) is 37.8. The molecule has 0 amide bonds. The van der Waals surface area contributed by atoms with Crippen LogP contribution < -0.4 is 15.4 Å². The first kappa shape index (κ1) is 106. The van der Waals surface area contributed by atoms with E-state index in [-0.39, 0.29) is 11.5 Å². The fourth-order valence-electron chi connectivity index (χ4n) is 19.7. The molecule has 3 aliphatic heterocycles. The summed E-state index contributed by atoms with van der Waals surface area (Å²) in [5.41, 5.74) is 28.3. The molecule has 0 bridgehead atoms. The highest BCUT2D eigenvalue weighted by molar-refractivity contribution is 7.99. The van der Waals surface area contributed by atoms with Crippen molar-refractivity contribution in [3.8, 4) is 50.8 Å². The van der Waals surface area contributed by atoms with E-state index < -0.39 is 9.84 Å².